The first-order valence-electron chi connectivity index (χ1n) is 6.51. The first-order valence-corrected chi connectivity index (χ1v) is 6.51. The summed E-state index contributed by atoms with van der Waals surface area (Å²) in [5, 5.41) is 12.1. The maximum atomic E-state index is 12.0. The van der Waals surface area contributed by atoms with Crippen LogP contribution in [0.5, 0.6) is 0 Å². The molecule has 4 nitrogen and oxygen atoms in total. The quantitative estimate of drug-likeness (QED) is 0.599. The molecule has 0 radical (unpaired) electrons. The van der Waals surface area contributed by atoms with Crippen molar-refractivity contribution in [2.75, 3.05) is 13.2 Å². The summed E-state index contributed by atoms with van der Waals surface area (Å²) in [5.41, 5.74) is 5.62. The summed E-state index contributed by atoms with van der Waals surface area (Å²) in [5.74, 6) is 0.734. The largest absolute Gasteiger partial charge is 0.394 e. The van der Waals surface area contributed by atoms with Crippen molar-refractivity contribution in [2.24, 2.45) is 23.5 Å². The van der Waals surface area contributed by atoms with Gasteiger partial charge in [-0.1, -0.05) is 27.7 Å². The van der Waals surface area contributed by atoms with Gasteiger partial charge in [0.15, 0.2) is 0 Å². The van der Waals surface area contributed by atoms with E-state index in [-0.39, 0.29) is 24.5 Å². The number of carbonyl (C=O) groups is 1. The Kier molecular flexibility index (Phi) is 8.17. The fourth-order valence-electron chi connectivity index (χ4n) is 1.95. The molecule has 4 heteroatoms. The number of aliphatic hydroxyl groups excluding tert-OH is 1. The second kappa shape index (κ2) is 8.48. The first kappa shape index (κ1) is 16.4. The molecule has 0 aliphatic carbocycles. The molecule has 0 aromatic carbocycles. The number of aliphatic hydroxyl groups is 1. The van der Waals surface area contributed by atoms with E-state index in [0.29, 0.717) is 18.4 Å². The molecule has 2 atom stereocenters. The summed E-state index contributed by atoms with van der Waals surface area (Å²) in [7, 11) is 0. The van der Waals surface area contributed by atoms with Gasteiger partial charge in [-0.25, -0.2) is 0 Å². The van der Waals surface area contributed by atoms with Gasteiger partial charge in [-0.2, -0.15) is 0 Å². The minimum absolute atomic E-state index is 0.0110. The van der Waals surface area contributed by atoms with E-state index in [0.717, 1.165) is 12.8 Å². The zero-order chi connectivity index (χ0) is 13.4. The molecule has 4 N–H and O–H groups in total. The van der Waals surface area contributed by atoms with E-state index in [2.05, 4.69) is 33.0 Å². The van der Waals surface area contributed by atoms with Crippen LogP contribution < -0.4 is 11.1 Å². The third-order valence-electron chi connectivity index (χ3n) is 2.73. The van der Waals surface area contributed by atoms with Crippen molar-refractivity contribution in [1.29, 1.82) is 0 Å². The minimum Gasteiger partial charge on any atom is -0.394 e. The number of hydrogen-bond acceptors (Lipinski definition) is 3. The molecule has 2 unspecified atom stereocenters. The number of carbonyl (C=O) groups excluding carboxylic acids is 1. The molecule has 17 heavy (non-hydrogen) atoms. The SMILES string of the molecule is CC(C)CC(CO)NC(=O)C(CN)CC(C)C. The lowest BCUT2D eigenvalue weighted by atomic mass is 9.95. The fraction of sp³-hybridized carbons (Fsp3) is 0.923. The van der Waals surface area contributed by atoms with Gasteiger partial charge in [-0.05, 0) is 24.7 Å². The van der Waals surface area contributed by atoms with Crippen molar-refractivity contribution >= 4 is 5.91 Å². The second-order valence-corrected chi connectivity index (χ2v) is 5.58. The smallest absolute Gasteiger partial charge is 0.224 e. The molecular formula is C13H28N2O2. The van der Waals surface area contributed by atoms with E-state index in [1.165, 1.54) is 0 Å². The molecule has 0 aromatic rings. The standard InChI is InChI=1S/C13H28N2O2/c1-9(2)5-11(7-14)13(17)15-12(8-16)6-10(3)4/h9-12,16H,5-8,14H2,1-4H3,(H,15,17). The molecule has 0 saturated carbocycles. The Labute approximate surface area is 105 Å². The van der Waals surface area contributed by atoms with E-state index >= 15 is 0 Å². The Morgan fingerprint density at radius 3 is 2.06 bits per heavy atom. The lowest BCUT2D eigenvalue weighted by Crippen LogP contribution is -2.44. The summed E-state index contributed by atoms with van der Waals surface area (Å²) in [6, 6.07) is -0.149. The average Bonchev–Trinajstić information content (AvgIpc) is 2.23. The highest BCUT2D eigenvalue weighted by atomic mass is 16.3. The van der Waals surface area contributed by atoms with Crippen LogP contribution in [0.15, 0.2) is 0 Å². The molecule has 0 spiro atoms. The van der Waals surface area contributed by atoms with Crippen molar-refractivity contribution in [3.63, 3.8) is 0 Å². The molecule has 0 rings (SSSR count). The zero-order valence-corrected chi connectivity index (χ0v) is 11.6. The average molecular weight is 244 g/mol. The molecule has 0 aliphatic rings. The third-order valence-corrected chi connectivity index (χ3v) is 2.73. The molecule has 0 bridgehead atoms. The van der Waals surface area contributed by atoms with Gasteiger partial charge in [0.25, 0.3) is 0 Å². The van der Waals surface area contributed by atoms with Gasteiger partial charge in [-0.15, -0.1) is 0 Å². The molecule has 0 aromatic heterocycles. The number of nitrogens with one attached hydrogen (secondary N) is 1. The van der Waals surface area contributed by atoms with E-state index in [4.69, 9.17) is 5.73 Å². The van der Waals surface area contributed by atoms with E-state index in [1.54, 1.807) is 0 Å². The highest BCUT2D eigenvalue weighted by Gasteiger charge is 2.21. The highest BCUT2D eigenvalue weighted by molar-refractivity contribution is 5.79. The fourth-order valence-corrected chi connectivity index (χ4v) is 1.95. The molecular weight excluding hydrogens is 216 g/mol. The Bertz CT molecular complexity index is 217. The predicted molar refractivity (Wildman–Crippen MR) is 70.5 cm³/mol. The third kappa shape index (κ3) is 7.34. The summed E-state index contributed by atoms with van der Waals surface area (Å²) in [6.07, 6.45) is 1.59. The monoisotopic (exact) mass is 244 g/mol. The van der Waals surface area contributed by atoms with Gasteiger partial charge < -0.3 is 16.2 Å². The predicted octanol–water partition coefficient (Wildman–Crippen LogP) is 1.13. The lowest BCUT2D eigenvalue weighted by Gasteiger charge is -2.22. The summed E-state index contributed by atoms with van der Waals surface area (Å²) in [4.78, 5) is 12.0. The van der Waals surface area contributed by atoms with Gasteiger partial charge in [-0.3, -0.25) is 4.79 Å². The van der Waals surface area contributed by atoms with Gasteiger partial charge in [0.2, 0.25) is 5.91 Å². The lowest BCUT2D eigenvalue weighted by molar-refractivity contribution is -0.126. The van der Waals surface area contributed by atoms with Gasteiger partial charge in [0.05, 0.1) is 18.6 Å². The van der Waals surface area contributed by atoms with Crippen molar-refractivity contribution in [2.45, 2.75) is 46.6 Å². The molecule has 102 valence electrons. The Hall–Kier alpha value is -0.610. The van der Waals surface area contributed by atoms with E-state index in [1.807, 2.05) is 0 Å². The van der Waals surface area contributed by atoms with Crippen LogP contribution in [-0.2, 0) is 4.79 Å². The van der Waals surface area contributed by atoms with Crippen LogP contribution in [0.2, 0.25) is 0 Å². The van der Waals surface area contributed by atoms with Crippen molar-refractivity contribution in [3.05, 3.63) is 0 Å². The van der Waals surface area contributed by atoms with E-state index < -0.39 is 0 Å². The first-order chi connectivity index (χ1) is 7.90. The second-order valence-electron chi connectivity index (χ2n) is 5.58. The van der Waals surface area contributed by atoms with Crippen LogP contribution in [0.3, 0.4) is 0 Å². The van der Waals surface area contributed by atoms with Crippen molar-refractivity contribution in [3.8, 4) is 0 Å². The van der Waals surface area contributed by atoms with Crippen LogP contribution in [0.25, 0.3) is 0 Å². The number of hydrogen-bond donors (Lipinski definition) is 3. The summed E-state index contributed by atoms with van der Waals surface area (Å²) < 4.78 is 0. The maximum absolute atomic E-state index is 12.0. The molecule has 0 saturated heterocycles. The highest BCUT2D eigenvalue weighted by Crippen LogP contribution is 2.12. The molecule has 0 aliphatic heterocycles. The van der Waals surface area contributed by atoms with Gasteiger partial charge in [0, 0.05) is 6.54 Å². The van der Waals surface area contributed by atoms with Crippen LogP contribution >= 0.6 is 0 Å². The molecule has 1 amide bonds. The summed E-state index contributed by atoms with van der Waals surface area (Å²) >= 11 is 0. The zero-order valence-electron chi connectivity index (χ0n) is 11.6. The Morgan fingerprint density at radius 2 is 1.71 bits per heavy atom. The van der Waals surface area contributed by atoms with Crippen molar-refractivity contribution in [1.82, 2.24) is 5.32 Å². The maximum Gasteiger partial charge on any atom is 0.224 e. The van der Waals surface area contributed by atoms with Crippen LogP contribution in [0.1, 0.15) is 40.5 Å². The number of amides is 1. The van der Waals surface area contributed by atoms with Gasteiger partial charge >= 0.3 is 0 Å². The molecule has 0 fully saturated rings. The summed E-state index contributed by atoms with van der Waals surface area (Å²) in [6.45, 7) is 8.65. The topological polar surface area (TPSA) is 75.3 Å². The van der Waals surface area contributed by atoms with Crippen molar-refractivity contribution < 1.29 is 9.90 Å². The normalized spacial score (nSPS) is 15.1. The minimum atomic E-state index is -0.149. The van der Waals surface area contributed by atoms with Crippen LogP contribution in [0.4, 0.5) is 0 Å². The Balaban J connectivity index is 4.26. The Morgan fingerprint density at radius 1 is 1.18 bits per heavy atom. The number of nitrogens with two attached hydrogens (primary N) is 1. The van der Waals surface area contributed by atoms with Gasteiger partial charge in [0.1, 0.15) is 0 Å². The van der Waals surface area contributed by atoms with E-state index in [9.17, 15) is 9.90 Å². The number of rotatable bonds is 8. The molecule has 0 heterocycles. The van der Waals surface area contributed by atoms with Crippen LogP contribution in [-0.4, -0.2) is 30.2 Å². The van der Waals surface area contributed by atoms with Crippen LogP contribution in [0, 0.1) is 17.8 Å².